The van der Waals surface area contributed by atoms with Crippen LogP contribution in [-0.2, 0) is 0 Å². The third kappa shape index (κ3) is 3.77. The molecule has 0 bridgehead atoms. The molecule has 4 nitrogen and oxygen atoms in total. The van der Waals surface area contributed by atoms with Crippen molar-refractivity contribution < 1.29 is 13.6 Å². The Labute approximate surface area is 164 Å². The van der Waals surface area contributed by atoms with Crippen LogP contribution in [0.3, 0.4) is 0 Å². The van der Waals surface area contributed by atoms with Crippen LogP contribution in [0.15, 0.2) is 41.5 Å². The van der Waals surface area contributed by atoms with E-state index < -0.39 is 17.5 Å². The zero-order chi connectivity index (χ0) is 20.5. The monoisotopic (exact) mass is 385 g/mol. The molecule has 0 saturated carbocycles. The minimum absolute atomic E-state index is 0.0447. The van der Waals surface area contributed by atoms with E-state index in [9.17, 15) is 13.6 Å². The van der Waals surface area contributed by atoms with Crippen molar-refractivity contribution in [2.75, 3.05) is 11.4 Å². The molecule has 1 unspecified atom stereocenters. The number of rotatable bonds is 4. The summed E-state index contributed by atoms with van der Waals surface area (Å²) in [5, 5.41) is 3.82. The second-order valence-electron chi connectivity index (χ2n) is 7.77. The lowest BCUT2D eigenvalue weighted by molar-refractivity contribution is 0.0951. The molecule has 1 aliphatic rings. The number of nitrogens with zero attached hydrogens (tertiary/aromatic N) is 2. The van der Waals surface area contributed by atoms with Crippen LogP contribution >= 0.6 is 0 Å². The highest BCUT2D eigenvalue weighted by atomic mass is 19.1. The standard InChI is InChI=1S/C22H25F2N3O/c1-5-27-20-11-19(24)15(10-17(20)14(2)12-22(27,3)4)13-25-26-21(28)16-8-6-7-9-18(16)23/h6-11,13-14H,5,12H2,1-4H3,(H,26,28)/b25-13-. The first kappa shape index (κ1) is 20.0. The number of hydrazone groups is 1. The largest absolute Gasteiger partial charge is 0.366 e. The van der Waals surface area contributed by atoms with Gasteiger partial charge in [0.2, 0.25) is 0 Å². The van der Waals surface area contributed by atoms with Gasteiger partial charge in [-0.3, -0.25) is 4.79 Å². The van der Waals surface area contributed by atoms with Crippen LogP contribution in [-0.4, -0.2) is 24.2 Å². The average molecular weight is 385 g/mol. The van der Waals surface area contributed by atoms with Crippen LogP contribution in [0.4, 0.5) is 14.5 Å². The molecular weight excluding hydrogens is 360 g/mol. The van der Waals surface area contributed by atoms with Crippen molar-refractivity contribution in [3.05, 3.63) is 64.7 Å². The fourth-order valence-corrected chi connectivity index (χ4v) is 4.08. The Kier molecular flexibility index (Phi) is 5.49. The second kappa shape index (κ2) is 7.70. The van der Waals surface area contributed by atoms with Gasteiger partial charge in [-0.15, -0.1) is 0 Å². The van der Waals surface area contributed by atoms with Gasteiger partial charge >= 0.3 is 0 Å². The van der Waals surface area contributed by atoms with Crippen LogP contribution in [0.1, 0.15) is 61.5 Å². The van der Waals surface area contributed by atoms with E-state index in [4.69, 9.17) is 0 Å². The number of benzene rings is 2. The van der Waals surface area contributed by atoms with Crippen molar-refractivity contribution in [1.29, 1.82) is 0 Å². The summed E-state index contributed by atoms with van der Waals surface area (Å²) in [6, 6.07) is 8.95. The number of amides is 1. The predicted octanol–water partition coefficient (Wildman–Crippen LogP) is 4.84. The van der Waals surface area contributed by atoms with Crippen LogP contribution in [0.25, 0.3) is 0 Å². The predicted molar refractivity (Wildman–Crippen MR) is 108 cm³/mol. The fourth-order valence-electron chi connectivity index (χ4n) is 4.08. The summed E-state index contributed by atoms with van der Waals surface area (Å²) in [7, 11) is 0. The molecule has 28 heavy (non-hydrogen) atoms. The number of anilines is 1. The highest BCUT2D eigenvalue weighted by Gasteiger charge is 2.36. The van der Waals surface area contributed by atoms with Gasteiger partial charge in [0.25, 0.3) is 5.91 Å². The van der Waals surface area contributed by atoms with Gasteiger partial charge in [0, 0.05) is 23.3 Å². The highest BCUT2D eigenvalue weighted by molar-refractivity contribution is 5.95. The summed E-state index contributed by atoms with van der Waals surface area (Å²) in [5.41, 5.74) is 4.34. The van der Waals surface area contributed by atoms with Crippen LogP contribution < -0.4 is 10.3 Å². The third-order valence-electron chi connectivity index (χ3n) is 5.31. The molecule has 1 N–H and O–H groups in total. The van der Waals surface area contributed by atoms with Crippen molar-refractivity contribution in [1.82, 2.24) is 5.43 Å². The summed E-state index contributed by atoms with van der Waals surface area (Å²) in [5.74, 6) is -1.45. The maximum atomic E-state index is 14.7. The molecule has 0 saturated heterocycles. The smallest absolute Gasteiger partial charge is 0.274 e. The summed E-state index contributed by atoms with van der Waals surface area (Å²) in [6.07, 6.45) is 2.22. The quantitative estimate of drug-likeness (QED) is 0.605. The summed E-state index contributed by atoms with van der Waals surface area (Å²) >= 11 is 0. The van der Waals surface area contributed by atoms with Gasteiger partial charge in [0.15, 0.2) is 0 Å². The van der Waals surface area contributed by atoms with E-state index in [1.54, 1.807) is 12.1 Å². The highest BCUT2D eigenvalue weighted by Crippen LogP contribution is 2.43. The van der Waals surface area contributed by atoms with Crippen molar-refractivity contribution in [2.24, 2.45) is 5.10 Å². The molecular formula is C22H25F2N3O. The zero-order valence-electron chi connectivity index (χ0n) is 16.6. The SMILES string of the molecule is CCN1c2cc(F)c(/C=N\NC(=O)c3ccccc3F)cc2C(C)CC1(C)C. The minimum Gasteiger partial charge on any atom is -0.366 e. The Morgan fingerprint density at radius 1 is 1.29 bits per heavy atom. The van der Waals surface area contributed by atoms with Gasteiger partial charge in [-0.2, -0.15) is 5.10 Å². The van der Waals surface area contributed by atoms with Gasteiger partial charge in [-0.05, 0) is 62.9 Å². The van der Waals surface area contributed by atoms with Gasteiger partial charge in [0.05, 0.1) is 11.8 Å². The second-order valence-corrected chi connectivity index (χ2v) is 7.77. The first-order chi connectivity index (χ1) is 13.2. The Morgan fingerprint density at radius 2 is 2.00 bits per heavy atom. The first-order valence-corrected chi connectivity index (χ1v) is 9.43. The lowest BCUT2D eigenvalue weighted by Crippen LogP contribution is -2.48. The van der Waals surface area contributed by atoms with Gasteiger partial charge in [0.1, 0.15) is 11.6 Å². The molecule has 1 heterocycles. The molecule has 2 aromatic rings. The molecule has 1 aliphatic heterocycles. The van der Waals surface area contributed by atoms with E-state index in [2.05, 4.69) is 43.1 Å². The minimum atomic E-state index is -0.681. The van der Waals surface area contributed by atoms with E-state index in [1.165, 1.54) is 30.5 Å². The number of halogens is 2. The van der Waals surface area contributed by atoms with Crippen LogP contribution in [0, 0.1) is 11.6 Å². The molecule has 0 fully saturated rings. The van der Waals surface area contributed by atoms with Gasteiger partial charge < -0.3 is 4.90 Å². The number of hydrogen-bond donors (Lipinski definition) is 1. The normalized spacial score (nSPS) is 18.2. The van der Waals surface area contributed by atoms with Crippen molar-refractivity contribution >= 4 is 17.8 Å². The average Bonchev–Trinajstić information content (AvgIpc) is 2.62. The molecule has 3 rings (SSSR count). The van der Waals surface area contributed by atoms with Crippen molar-refractivity contribution in [3.63, 3.8) is 0 Å². The van der Waals surface area contributed by atoms with Gasteiger partial charge in [-0.1, -0.05) is 19.1 Å². The molecule has 0 spiro atoms. The maximum Gasteiger partial charge on any atom is 0.274 e. The van der Waals surface area contributed by atoms with Crippen molar-refractivity contribution in [3.8, 4) is 0 Å². The van der Waals surface area contributed by atoms with Crippen LogP contribution in [0.5, 0.6) is 0 Å². The Hall–Kier alpha value is -2.76. The van der Waals surface area contributed by atoms with Crippen LogP contribution in [0.2, 0.25) is 0 Å². The third-order valence-corrected chi connectivity index (χ3v) is 5.31. The Morgan fingerprint density at radius 3 is 2.68 bits per heavy atom. The molecule has 6 heteroatoms. The summed E-state index contributed by atoms with van der Waals surface area (Å²) in [4.78, 5) is 14.2. The van der Waals surface area contributed by atoms with Crippen molar-refractivity contribution in [2.45, 2.75) is 45.6 Å². The number of fused-ring (bicyclic) bond motifs is 1. The topological polar surface area (TPSA) is 44.7 Å². The molecule has 2 aromatic carbocycles. The molecule has 1 amide bonds. The van der Waals surface area contributed by atoms with Gasteiger partial charge in [-0.25, -0.2) is 14.2 Å². The lowest BCUT2D eigenvalue weighted by atomic mass is 9.79. The number of nitrogens with one attached hydrogen (secondary N) is 1. The summed E-state index contributed by atoms with van der Waals surface area (Å²) < 4.78 is 28.3. The lowest BCUT2D eigenvalue weighted by Gasteiger charge is -2.47. The maximum absolute atomic E-state index is 14.7. The van der Waals surface area contributed by atoms with E-state index in [0.29, 0.717) is 0 Å². The van der Waals surface area contributed by atoms with E-state index in [-0.39, 0.29) is 22.6 Å². The van der Waals surface area contributed by atoms with E-state index in [1.807, 2.05) is 0 Å². The Bertz CT molecular complexity index is 924. The number of hydrogen-bond acceptors (Lipinski definition) is 3. The first-order valence-electron chi connectivity index (χ1n) is 9.43. The fraction of sp³-hybridized carbons (Fsp3) is 0.364. The summed E-state index contributed by atoms with van der Waals surface area (Å²) in [6.45, 7) is 9.32. The zero-order valence-corrected chi connectivity index (χ0v) is 16.6. The molecule has 0 radical (unpaired) electrons. The van der Waals surface area contributed by atoms with E-state index in [0.717, 1.165) is 24.2 Å². The molecule has 0 aromatic heterocycles. The Balaban J connectivity index is 1.84. The molecule has 0 aliphatic carbocycles. The van der Waals surface area contributed by atoms with E-state index >= 15 is 0 Å². The number of carbonyl (C=O) groups excluding carboxylic acids is 1. The molecule has 1 atom stereocenters. The molecule has 148 valence electrons. The number of carbonyl (C=O) groups is 1.